The highest BCUT2D eigenvalue weighted by Gasteiger charge is 2.09. The number of aromatic nitrogens is 5. The Hall–Kier alpha value is -1.87. The highest BCUT2D eigenvalue weighted by Crippen LogP contribution is 2.09. The molecule has 0 aliphatic carbocycles. The van der Waals surface area contributed by atoms with Crippen LogP contribution in [0.3, 0.4) is 0 Å². The molecule has 0 unspecified atom stereocenters. The van der Waals surface area contributed by atoms with E-state index in [0.29, 0.717) is 5.82 Å². The van der Waals surface area contributed by atoms with Crippen LogP contribution in [0.5, 0.6) is 0 Å². The number of hydrogen-bond acceptors (Lipinski definition) is 6. The molecule has 0 radical (unpaired) electrons. The molecule has 2 rings (SSSR count). The van der Waals surface area contributed by atoms with E-state index in [1.807, 2.05) is 0 Å². The molecule has 18 heavy (non-hydrogen) atoms. The van der Waals surface area contributed by atoms with Crippen molar-refractivity contribution in [1.82, 2.24) is 19.9 Å². The second-order valence-corrected chi connectivity index (χ2v) is 5.21. The van der Waals surface area contributed by atoms with Crippen LogP contribution in [0.25, 0.3) is 11.4 Å². The molecule has 0 N–H and O–H groups in total. The van der Waals surface area contributed by atoms with Crippen molar-refractivity contribution in [3.05, 3.63) is 24.8 Å². The Morgan fingerprint density at radius 2 is 2.28 bits per heavy atom. The smallest absolute Gasteiger partial charge is 0.197 e. The van der Waals surface area contributed by atoms with Crippen LogP contribution >= 0.6 is 0 Å². The summed E-state index contributed by atoms with van der Waals surface area (Å²) >= 11 is 0. The van der Waals surface area contributed by atoms with Gasteiger partial charge in [0.25, 0.3) is 0 Å². The maximum absolute atomic E-state index is 10.5. The van der Waals surface area contributed by atoms with Gasteiger partial charge in [0.05, 0.1) is 11.3 Å². The van der Waals surface area contributed by atoms with Gasteiger partial charge in [0, 0.05) is 13.1 Å². The van der Waals surface area contributed by atoms with Crippen molar-refractivity contribution in [3.8, 4) is 11.4 Å². The molecule has 96 valence electrons. The van der Waals surface area contributed by atoms with Crippen molar-refractivity contribution in [1.29, 1.82) is 0 Å². The quantitative estimate of drug-likeness (QED) is 0.505. The highest BCUT2D eigenvalue weighted by molar-refractivity contribution is 7.85. The van der Waals surface area contributed by atoms with Crippen molar-refractivity contribution >= 4 is 10.1 Å². The lowest BCUT2D eigenvalue weighted by Crippen LogP contribution is -2.40. The second kappa shape index (κ2) is 4.78. The van der Waals surface area contributed by atoms with E-state index in [0.717, 1.165) is 5.56 Å². The lowest BCUT2D eigenvalue weighted by molar-refractivity contribution is -0.750. The van der Waals surface area contributed by atoms with Crippen LogP contribution in [-0.2, 0) is 23.7 Å². The molecule has 0 atom stereocenters. The van der Waals surface area contributed by atoms with E-state index in [-0.39, 0.29) is 6.54 Å². The van der Waals surface area contributed by atoms with Crippen LogP contribution in [0.15, 0.2) is 24.8 Å². The number of hydrogen-bond donors (Lipinski definition) is 0. The highest BCUT2D eigenvalue weighted by atomic mass is 32.2. The molecule has 8 nitrogen and oxygen atoms in total. The minimum Gasteiger partial charge on any atom is -0.748 e. The van der Waals surface area contributed by atoms with Crippen LogP contribution in [0, 0.1) is 0 Å². The maximum Gasteiger partial charge on any atom is 0.197 e. The summed E-state index contributed by atoms with van der Waals surface area (Å²) in [6.45, 7) is 0.0295. The Bertz CT molecular complexity index is 634. The first-order valence-corrected chi connectivity index (χ1v) is 6.67. The Morgan fingerprint density at radius 3 is 2.78 bits per heavy atom. The van der Waals surface area contributed by atoms with Crippen LogP contribution in [0.4, 0.5) is 0 Å². The lowest BCUT2D eigenvalue weighted by Gasteiger charge is -2.02. The Balaban J connectivity index is 2.10. The molecule has 0 bridgehead atoms. The van der Waals surface area contributed by atoms with E-state index in [1.54, 1.807) is 30.3 Å². The van der Waals surface area contributed by atoms with Crippen LogP contribution in [0.1, 0.15) is 0 Å². The second-order valence-electron chi connectivity index (χ2n) is 3.68. The van der Waals surface area contributed by atoms with Gasteiger partial charge in [0.15, 0.2) is 18.6 Å². The van der Waals surface area contributed by atoms with E-state index in [9.17, 15) is 13.0 Å². The molecule has 2 aromatic rings. The molecule has 0 saturated carbocycles. The first-order valence-electron chi connectivity index (χ1n) is 5.09. The van der Waals surface area contributed by atoms with Crippen molar-refractivity contribution < 1.29 is 17.7 Å². The van der Waals surface area contributed by atoms with Gasteiger partial charge in [0.1, 0.15) is 22.6 Å². The largest absolute Gasteiger partial charge is 0.748 e. The van der Waals surface area contributed by atoms with Gasteiger partial charge in [-0.25, -0.2) is 13.4 Å². The summed E-state index contributed by atoms with van der Waals surface area (Å²) < 4.78 is 34.4. The van der Waals surface area contributed by atoms with E-state index >= 15 is 0 Å². The average Bonchev–Trinajstić information content (AvgIpc) is 2.73. The number of rotatable bonds is 4. The zero-order chi connectivity index (χ0) is 13.2. The van der Waals surface area contributed by atoms with Crippen LogP contribution in [0.2, 0.25) is 0 Å². The van der Waals surface area contributed by atoms with Gasteiger partial charge >= 0.3 is 0 Å². The normalized spacial score (nSPS) is 11.7. The topological polar surface area (TPSA) is 105 Å². The van der Waals surface area contributed by atoms with Gasteiger partial charge in [0.2, 0.25) is 0 Å². The zero-order valence-corrected chi connectivity index (χ0v) is 10.4. The van der Waals surface area contributed by atoms with Crippen molar-refractivity contribution in [2.75, 3.05) is 5.75 Å². The molecule has 0 aromatic carbocycles. The van der Waals surface area contributed by atoms with E-state index in [1.165, 1.54) is 10.9 Å². The molecule has 0 aliphatic heterocycles. The zero-order valence-electron chi connectivity index (χ0n) is 9.59. The Morgan fingerprint density at radius 1 is 1.50 bits per heavy atom. The summed E-state index contributed by atoms with van der Waals surface area (Å²) in [6, 6.07) is 1.71. The molecule has 0 amide bonds. The summed E-state index contributed by atoms with van der Waals surface area (Å²) in [7, 11) is -2.46. The summed E-state index contributed by atoms with van der Waals surface area (Å²) in [5, 5.41) is 8.10. The molecular weight excluding hydrogens is 258 g/mol. The monoisotopic (exact) mass is 269 g/mol. The number of aryl methyl sites for hydroxylation is 2. The third-order valence-electron chi connectivity index (χ3n) is 2.20. The number of nitrogens with zero attached hydrogens (tertiary/aromatic N) is 5. The molecular formula is C9H11N5O3S. The van der Waals surface area contributed by atoms with Crippen LogP contribution in [-0.4, -0.2) is 38.6 Å². The third-order valence-corrected chi connectivity index (χ3v) is 2.88. The minimum absolute atomic E-state index is 0.0295. The lowest BCUT2D eigenvalue weighted by atomic mass is 10.3. The van der Waals surface area contributed by atoms with E-state index in [4.69, 9.17) is 0 Å². The van der Waals surface area contributed by atoms with Crippen molar-refractivity contribution in [2.24, 2.45) is 7.05 Å². The minimum atomic E-state index is -4.22. The van der Waals surface area contributed by atoms with Gasteiger partial charge in [-0.15, -0.1) is 0 Å². The van der Waals surface area contributed by atoms with Gasteiger partial charge in [-0.1, -0.05) is 4.68 Å². The molecule has 0 saturated heterocycles. The molecule has 0 spiro atoms. The molecule has 2 heterocycles. The SMILES string of the molecule is Cn1cnc(-c2cc[n+](CCS(=O)(=O)[O-])nc2)n1. The fourth-order valence-corrected chi connectivity index (χ4v) is 1.74. The van der Waals surface area contributed by atoms with Gasteiger partial charge in [-0.3, -0.25) is 4.68 Å². The standard InChI is InChI=1S/C9H11N5O3S/c1-13-7-10-9(12-13)8-2-3-14(11-6-8)4-5-18(15,16)17/h2-3,6-7H,4-5H2,1H3. The van der Waals surface area contributed by atoms with E-state index < -0.39 is 15.9 Å². The fourth-order valence-electron chi connectivity index (χ4n) is 1.33. The molecule has 0 aliphatic rings. The van der Waals surface area contributed by atoms with Crippen molar-refractivity contribution in [3.63, 3.8) is 0 Å². The van der Waals surface area contributed by atoms with Gasteiger partial charge < -0.3 is 4.55 Å². The predicted molar refractivity (Wildman–Crippen MR) is 59.0 cm³/mol. The third kappa shape index (κ3) is 3.31. The molecule has 2 aromatic heterocycles. The van der Waals surface area contributed by atoms with Gasteiger partial charge in [-0.05, 0) is 5.10 Å². The summed E-state index contributed by atoms with van der Waals surface area (Å²) in [4.78, 5) is 4.06. The summed E-state index contributed by atoms with van der Waals surface area (Å²) in [5.74, 6) is 0.0554. The van der Waals surface area contributed by atoms with Crippen molar-refractivity contribution in [2.45, 2.75) is 6.54 Å². The predicted octanol–water partition coefficient (Wildman–Crippen LogP) is -1.29. The average molecular weight is 269 g/mol. The Kier molecular flexibility index (Phi) is 3.34. The first kappa shape index (κ1) is 12.6. The maximum atomic E-state index is 10.5. The summed E-state index contributed by atoms with van der Waals surface area (Å²) in [6.07, 6.45) is 4.67. The van der Waals surface area contributed by atoms with Crippen LogP contribution < -0.4 is 4.68 Å². The fraction of sp³-hybridized carbons (Fsp3) is 0.333. The van der Waals surface area contributed by atoms with E-state index in [2.05, 4.69) is 15.2 Å². The molecule has 9 heteroatoms. The van der Waals surface area contributed by atoms with Gasteiger partial charge in [-0.2, -0.15) is 5.10 Å². The Labute approximate surface area is 104 Å². The molecule has 0 fully saturated rings. The first-order chi connectivity index (χ1) is 8.44. The summed E-state index contributed by atoms with van der Waals surface area (Å²) in [5.41, 5.74) is 0.719.